The van der Waals surface area contributed by atoms with E-state index in [1.54, 1.807) is 24.3 Å². The summed E-state index contributed by atoms with van der Waals surface area (Å²) in [7, 11) is 0. The highest BCUT2D eigenvalue weighted by atomic mass is 35.5. The maximum absolute atomic E-state index is 13.7. The van der Waals surface area contributed by atoms with E-state index >= 15 is 0 Å². The first-order valence-electron chi connectivity index (χ1n) is 11.6. The van der Waals surface area contributed by atoms with Crippen LogP contribution < -0.4 is 0 Å². The van der Waals surface area contributed by atoms with Crippen molar-refractivity contribution in [1.82, 2.24) is 14.9 Å². The molecule has 7 nitrogen and oxygen atoms in total. The highest BCUT2D eigenvalue weighted by Gasteiger charge is 2.34. The number of fused-ring (bicyclic) bond motifs is 1. The van der Waals surface area contributed by atoms with E-state index in [1.165, 1.54) is 11.6 Å². The second-order valence-corrected chi connectivity index (χ2v) is 9.00. The lowest BCUT2D eigenvalue weighted by atomic mass is 9.89. The average molecular weight is 512 g/mol. The highest BCUT2D eigenvalue weighted by Crippen LogP contribution is 2.34. The SMILES string of the molecule is Cl.O.O=C1c2cccc3cccc(c23)C(=O)N1OCCN1CCC(c2c[nH]c3ccc(F)cc23)CC1. The Kier molecular flexibility index (Phi) is 7.42. The fraction of sp³-hybridized carbons (Fsp3) is 0.259. The van der Waals surface area contributed by atoms with Crippen LogP contribution in [0.15, 0.2) is 60.8 Å². The van der Waals surface area contributed by atoms with Crippen molar-refractivity contribution in [2.24, 2.45) is 0 Å². The van der Waals surface area contributed by atoms with Gasteiger partial charge in [-0.05, 0) is 73.1 Å². The van der Waals surface area contributed by atoms with Gasteiger partial charge in [-0.25, -0.2) is 4.39 Å². The lowest BCUT2D eigenvalue weighted by Crippen LogP contribution is -2.42. The molecule has 1 saturated heterocycles. The van der Waals surface area contributed by atoms with Crippen LogP contribution in [0.5, 0.6) is 0 Å². The number of hydrogen-bond acceptors (Lipinski definition) is 4. The fourth-order valence-corrected chi connectivity index (χ4v) is 5.31. The summed E-state index contributed by atoms with van der Waals surface area (Å²) >= 11 is 0. The zero-order valence-electron chi connectivity index (χ0n) is 19.5. The van der Waals surface area contributed by atoms with Gasteiger partial charge in [-0.3, -0.25) is 14.4 Å². The predicted octanol–water partition coefficient (Wildman–Crippen LogP) is 4.46. The predicted molar refractivity (Wildman–Crippen MR) is 138 cm³/mol. The summed E-state index contributed by atoms with van der Waals surface area (Å²) in [6.07, 6.45) is 3.92. The number of amides is 2. The van der Waals surface area contributed by atoms with Gasteiger partial charge in [0.1, 0.15) is 5.82 Å². The molecule has 1 aromatic heterocycles. The monoisotopic (exact) mass is 511 g/mol. The van der Waals surface area contributed by atoms with Crippen LogP contribution in [0.25, 0.3) is 21.7 Å². The van der Waals surface area contributed by atoms with Gasteiger partial charge in [-0.15, -0.1) is 17.5 Å². The molecule has 0 aliphatic carbocycles. The summed E-state index contributed by atoms with van der Waals surface area (Å²) < 4.78 is 13.7. The molecule has 0 saturated carbocycles. The molecule has 9 heteroatoms. The van der Waals surface area contributed by atoms with Crippen molar-refractivity contribution in [1.29, 1.82) is 0 Å². The maximum Gasteiger partial charge on any atom is 0.285 e. The Bertz CT molecular complexity index is 1380. The van der Waals surface area contributed by atoms with Crippen LogP contribution in [0.4, 0.5) is 4.39 Å². The molecule has 36 heavy (non-hydrogen) atoms. The number of nitrogens with one attached hydrogen (secondary N) is 1. The molecule has 3 N–H and O–H groups in total. The van der Waals surface area contributed by atoms with Crippen molar-refractivity contribution >= 4 is 45.9 Å². The van der Waals surface area contributed by atoms with Gasteiger partial charge < -0.3 is 15.4 Å². The molecule has 0 bridgehead atoms. The molecule has 0 radical (unpaired) electrons. The Morgan fingerprint density at radius 3 is 2.31 bits per heavy atom. The maximum atomic E-state index is 13.7. The third-order valence-electron chi connectivity index (χ3n) is 7.07. The van der Waals surface area contributed by atoms with Crippen molar-refractivity contribution < 1.29 is 24.3 Å². The molecule has 4 aromatic rings. The number of carbonyl (C=O) groups excluding carboxylic acids is 2. The molecule has 6 rings (SSSR count). The summed E-state index contributed by atoms with van der Waals surface area (Å²) in [5.74, 6) is -0.683. The van der Waals surface area contributed by atoms with Crippen LogP contribution >= 0.6 is 12.4 Å². The van der Waals surface area contributed by atoms with E-state index in [-0.39, 0.29) is 30.3 Å². The number of piperidine rings is 1. The molecule has 3 heterocycles. The first kappa shape index (κ1) is 25.8. The van der Waals surface area contributed by atoms with Crippen molar-refractivity contribution in [2.45, 2.75) is 18.8 Å². The average Bonchev–Trinajstić information content (AvgIpc) is 3.28. The smallest absolute Gasteiger partial charge is 0.285 e. The van der Waals surface area contributed by atoms with E-state index in [0.717, 1.165) is 47.3 Å². The Labute approximate surface area is 213 Å². The van der Waals surface area contributed by atoms with Crippen molar-refractivity contribution in [3.05, 3.63) is 83.3 Å². The van der Waals surface area contributed by atoms with Gasteiger partial charge in [0.2, 0.25) is 0 Å². The molecule has 1 fully saturated rings. The minimum absolute atomic E-state index is 0. The molecule has 0 unspecified atom stereocenters. The van der Waals surface area contributed by atoms with Gasteiger partial charge in [0.25, 0.3) is 11.8 Å². The van der Waals surface area contributed by atoms with E-state index < -0.39 is 11.8 Å². The van der Waals surface area contributed by atoms with Crippen LogP contribution in [0.3, 0.4) is 0 Å². The number of imide groups is 1. The van der Waals surface area contributed by atoms with Crippen LogP contribution in [-0.2, 0) is 4.84 Å². The molecule has 3 aromatic carbocycles. The third-order valence-corrected chi connectivity index (χ3v) is 7.07. The minimum Gasteiger partial charge on any atom is -0.412 e. The molecule has 2 amide bonds. The second-order valence-electron chi connectivity index (χ2n) is 9.00. The Hall–Kier alpha value is -3.30. The molecule has 188 valence electrons. The number of likely N-dealkylation sites (tertiary alicyclic amines) is 1. The number of rotatable bonds is 5. The number of hydrogen-bond donors (Lipinski definition) is 1. The Morgan fingerprint density at radius 1 is 0.972 bits per heavy atom. The first-order valence-corrected chi connectivity index (χ1v) is 11.6. The van der Waals surface area contributed by atoms with E-state index in [0.29, 0.717) is 29.0 Å². The van der Waals surface area contributed by atoms with E-state index in [9.17, 15) is 14.0 Å². The Balaban J connectivity index is 0.00000152. The first-order chi connectivity index (χ1) is 16.6. The number of hydroxylamine groups is 2. The van der Waals surface area contributed by atoms with Crippen LogP contribution in [0, 0.1) is 5.82 Å². The molecule has 2 aliphatic rings. The molecular weight excluding hydrogens is 485 g/mol. The molecule has 2 aliphatic heterocycles. The van der Waals surface area contributed by atoms with Crippen molar-refractivity contribution in [3.63, 3.8) is 0 Å². The summed E-state index contributed by atoms with van der Waals surface area (Å²) in [5.41, 5.74) is 3.11. The summed E-state index contributed by atoms with van der Waals surface area (Å²) in [6.45, 7) is 2.62. The number of H-pyrrole nitrogens is 1. The fourth-order valence-electron chi connectivity index (χ4n) is 5.31. The summed E-state index contributed by atoms with van der Waals surface area (Å²) in [6, 6.07) is 15.8. The standard InChI is InChI=1S/C27H24FN3O3.ClH.H2O/c28-19-7-8-24-22(15-19)23(16-29-24)17-9-11-30(12-10-17)13-14-34-31-26(32)20-5-1-3-18-4-2-6-21(25(18)20)27(31)33;;/h1-8,15-17,29H,9-14H2;1H;1H2. The summed E-state index contributed by atoms with van der Waals surface area (Å²) in [5, 5.41) is 3.43. The number of benzene rings is 3. The van der Waals surface area contributed by atoms with E-state index in [4.69, 9.17) is 4.84 Å². The summed E-state index contributed by atoms with van der Waals surface area (Å²) in [4.78, 5) is 37.1. The van der Waals surface area contributed by atoms with Gasteiger partial charge in [-0.2, -0.15) is 0 Å². The zero-order chi connectivity index (χ0) is 23.2. The number of halogens is 2. The van der Waals surface area contributed by atoms with Gasteiger partial charge in [0.05, 0.1) is 17.7 Å². The highest BCUT2D eigenvalue weighted by molar-refractivity contribution is 6.24. The van der Waals surface area contributed by atoms with Crippen LogP contribution in [-0.4, -0.2) is 58.5 Å². The largest absolute Gasteiger partial charge is 0.412 e. The normalized spacial score (nSPS) is 16.3. The topological polar surface area (TPSA) is 97.1 Å². The van der Waals surface area contributed by atoms with Crippen LogP contribution in [0.1, 0.15) is 45.0 Å². The van der Waals surface area contributed by atoms with Crippen LogP contribution in [0.2, 0.25) is 0 Å². The quantitative estimate of drug-likeness (QED) is 0.400. The third kappa shape index (κ3) is 4.37. The zero-order valence-corrected chi connectivity index (χ0v) is 20.3. The van der Waals surface area contributed by atoms with Crippen molar-refractivity contribution in [2.75, 3.05) is 26.2 Å². The van der Waals surface area contributed by atoms with Gasteiger partial charge in [0.15, 0.2) is 0 Å². The second kappa shape index (κ2) is 10.4. The van der Waals surface area contributed by atoms with Gasteiger partial charge in [-0.1, -0.05) is 24.3 Å². The lowest BCUT2D eigenvalue weighted by molar-refractivity contribution is -0.100. The Morgan fingerprint density at radius 2 is 1.64 bits per heavy atom. The molecule has 0 atom stereocenters. The van der Waals surface area contributed by atoms with E-state index in [2.05, 4.69) is 9.88 Å². The number of carbonyl (C=O) groups is 2. The number of aromatic nitrogens is 1. The lowest BCUT2D eigenvalue weighted by Gasteiger charge is -2.32. The van der Waals surface area contributed by atoms with Gasteiger partial charge >= 0.3 is 0 Å². The van der Waals surface area contributed by atoms with E-state index in [1.807, 2.05) is 30.5 Å². The number of nitrogens with zero attached hydrogens (tertiary/aromatic N) is 2. The molecular formula is C27H27ClFN3O4. The van der Waals surface area contributed by atoms with Gasteiger partial charge in [0, 0.05) is 29.0 Å². The number of aromatic amines is 1. The van der Waals surface area contributed by atoms with Crippen molar-refractivity contribution in [3.8, 4) is 0 Å². The minimum atomic E-state index is -0.417. The molecule has 0 spiro atoms.